The predicted octanol–water partition coefficient (Wildman–Crippen LogP) is 3.83. The normalized spacial score (nSPS) is 17.9. The minimum absolute atomic E-state index is 0.0162. The zero-order valence-electron chi connectivity index (χ0n) is 17.4. The molecule has 2 fully saturated rings. The molecule has 2 aliphatic rings. The molecule has 0 radical (unpaired) electrons. The predicted molar refractivity (Wildman–Crippen MR) is 107 cm³/mol. The summed E-state index contributed by atoms with van der Waals surface area (Å²) >= 11 is 0. The summed E-state index contributed by atoms with van der Waals surface area (Å²) in [5.41, 5.74) is 0.623. The number of carbonyl (C=O) groups excluding carboxylic acids is 2. The lowest BCUT2D eigenvalue weighted by Crippen LogP contribution is -2.46. The van der Waals surface area contributed by atoms with Crippen LogP contribution < -0.4 is 4.74 Å². The zero-order chi connectivity index (χ0) is 20.3. The molecular formula is C22H32N2O4. The number of hydrogen-bond acceptors (Lipinski definition) is 4. The van der Waals surface area contributed by atoms with Gasteiger partial charge in [-0.2, -0.15) is 0 Å². The highest BCUT2D eigenvalue weighted by Crippen LogP contribution is 2.32. The van der Waals surface area contributed by atoms with Crippen molar-refractivity contribution in [2.75, 3.05) is 20.2 Å². The average molecular weight is 389 g/mol. The van der Waals surface area contributed by atoms with Crippen LogP contribution in [-0.2, 0) is 16.1 Å². The van der Waals surface area contributed by atoms with Crippen LogP contribution in [0.5, 0.6) is 5.75 Å². The van der Waals surface area contributed by atoms with E-state index in [1.165, 1.54) is 0 Å². The molecule has 1 saturated carbocycles. The number of ether oxygens (including phenoxy) is 2. The van der Waals surface area contributed by atoms with Crippen LogP contribution in [0.15, 0.2) is 24.3 Å². The molecule has 0 unspecified atom stereocenters. The van der Waals surface area contributed by atoms with Crippen molar-refractivity contribution in [1.82, 2.24) is 9.80 Å². The van der Waals surface area contributed by atoms with E-state index in [2.05, 4.69) is 0 Å². The molecule has 6 heteroatoms. The van der Waals surface area contributed by atoms with Crippen LogP contribution in [0, 0.1) is 5.92 Å². The molecule has 1 saturated heterocycles. The van der Waals surface area contributed by atoms with Gasteiger partial charge in [0.1, 0.15) is 11.4 Å². The van der Waals surface area contributed by atoms with Gasteiger partial charge >= 0.3 is 6.09 Å². The van der Waals surface area contributed by atoms with Gasteiger partial charge in [-0.3, -0.25) is 4.79 Å². The number of likely N-dealkylation sites (tertiary alicyclic amines) is 1. The maximum absolute atomic E-state index is 13.2. The number of benzene rings is 1. The molecule has 28 heavy (non-hydrogen) atoms. The number of carbonyl (C=O) groups is 2. The first-order chi connectivity index (χ1) is 13.3. The quantitative estimate of drug-likeness (QED) is 0.769. The number of nitrogens with zero attached hydrogens (tertiary/aromatic N) is 2. The summed E-state index contributed by atoms with van der Waals surface area (Å²) in [7, 11) is 1.65. The largest absolute Gasteiger partial charge is 0.497 e. The van der Waals surface area contributed by atoms with Crippen LogP contribution in [0.3, 0.4) is 0 Å². The summed E-state index contributed by atoms with van der Waals surface area (Å²) in [5.74, 6) is 1.03. The molecule has 154 valence electrons. The Morgan fingerprint density at radius 2 is 1.68 bits per heavy atom. The van der Waals surface area contributed by atoms with Crippen LogP contribution in [0.25, 0.3) is 0 Å². The number of piperidine rings is 1. The fraction of sp³-hybridized carbons (Fsp3) is 0.636. The van der Waals surface area contributed by atoms with Crippen molar-refractivity contribution in [3.8, 4) is 5.75 Å². The van der Waals surface area contributed by atoms with E-state index in [9.17, 15) is 9.59 Å². The molecule has 1 heterocycles. The molecule has 3 rings (SSSR count). The molecule has 0 spiro atoms. The lowest BCUT2D eigenvalue weighted by Gasteiger charge is -2.35. The lowest BCUT2D eigenvalue weighted by atomic mass is 9.95. The maximum Gasteiger partial charge on any atom is 0.410 e. The third-order valence-electron chi connectivity index (χ3n) is 5.28. The summed E-state index contributed by atoms with van der Waals surface area (Å²) in [6.45, 7) is 7.40. The van der Waals surface area contributed by atoms with E-state index < -0.39 is 5.60 Å². The number of amides is 2. The Hall–Kier alpha value is -2.24. The van der Waals surface area contributed by atoms with Gasteiger partial charge in [0, 0.05) is 31.6 Å². The van der Waals surface area contributed by atoms with Crippen molar-refractivity contribution >= 4 is 12.0 Å². The van der Waals surface area contributed by atoms with Gasteiger partial charge in [-0.1, -0.05) is 12.1 Å². The Morgan fingerprint density at radius 1 is 1.07 bits per heavy atom. The van der Waals surface area contributed by atoms with Crippen LogP contribution in [0.4, 0.5) is 4.79 Å². The summed E-state index contributed by atoms with van der Waals surface area (Å²) in [4.78, 5) is 29.2. The van der Waals surface area contributed by atoms with Crippen molar-refractivity contribution in [2.24, 2.45) is 5.92 Å². The summed E-state index contributed by atoms with van der Waals surface area (Å²) < 4.78 is 10.7. The fourth-order valence-electron chi connectivity index (χ4n) is 3.57. The number of methoxy groups -OCH3 is 1. The fourth-order valence-corrected chi connectivity index (χ4v) is 3.57. The molecule has 1 aliphatic heterocycles. The Balaban J connectivity index is 1.56. The van der Waals surface area contributed by atoms with Crippen LogP contribution >= 0.6 is 0 Å². The van der Waals surface area contributed by atoms with Crippen molar-refractivity contribution in [3.63, 3.8) is 0 Å². The van der Waals surface area contributed by atoms with Gasteiger partial charge in [-0.15, -0.1) is 0 Å². The van der Waals surface area contributed by atoms with E-state index in [0.717, 1.165) is 24.2 Å². The van der Waals surface area contributed by atoms with Gasteiger partial charge in [0.15, 0.2) is 0 Å². The van der Waals surface area contributed by atoms with Crippen molar-refractivity contribution in [2.45, 2.75) is 64.6 Å². The van der Waals surface area contributed by atoms with Crippen LogP contribution in [-0.4, -0.2) is 53.6 Å². The lowest BCUT2D eigenvalue weighted by molar-refractivity contribution is -0.138. The van der Waals surface area contributed by atoms with Gasteiger partial charge in [0.2, 0.25) is 5.91 Å². The highest BCUT2D eigenvalue weighted by molar-refractivity contribution is 5.80. The van der Waals surface area contributed by atoms with Gasteiger partial charge in [-0.05, 0) is 64.2 Å². The first-order valence-corrected chi connectivity index (χ1v) is 10.2. The molecular weight excluding hydrogens is 356 g/mol. The third kappa shape index (κ3) is 5.40. The van der Waals surface area contributed by atoms with E-state index in [-0.39, 0.29) is 17.9 Å². The van der Waals surface area contributed by atoms with Gasteiger partial charge in [0.25, 0.3) is 0 Å². The zero-order valence-corrected chi connectivity index (χ0v) is 17.4. The van der Waals surface area contributed by atoms with E-state index in [0.29, 0.717) is 38.5 Å². The molecule has 0 atom stereocenters. The van der Waals surface area contributed by atoms with E-state index in [1.807, 2.05) is 49.9 Å². The Morgan fingerprint density at radius 3 is 2.18 bits per heavy atom. The second-order valence-corrected chi connectivity index (χ2v) is 8.79. The standard InChI is InChI=1S/C22H32N2O4/c1-22(2,3)28-21(26)23-13-11-17(12-14-23)20(25)24(18-7-8-18)15-16-5-9-19(27-4)10-6-16/h5-6,9-10,17-18H,7-8,11-15H2,1-4H3. The Bertz CT molecular complexity index is 683. The molecule has 1 aromatic carbocycles. The number of hydrogen-bond donors (Lipinski definition) is 0. The third-order valence-corrected chi connectivity index (χ3v) is 5.28. The monoisotopic (exact) mass is 388 g/mol. The minimum atomic E-state index is -0.495. The molecule has 0 aromatic heterocycles. The van der Waals surface area contributed by atoms with Gasteiger partial charge in [-0.25, -0.2) is 4.79 Å². The average Bonchev–Trinajstić information content (AvgIpc) is 3.50. The van der Waals surface area contributed by atoms with Crippen molar-refractivity contribution in [3.05, 3.63) is 29.8 Å². The van der Waals surface area contributed by atoms with Crippen molar-refractivity contribution in [1.29, 1.82) is 0 Å². The van der Waals surface area contributed by atoms with Crippen LogP contribution in [0.1, 0.15) is 52.0 Å². The van der Waals surface area contributed by atoms with Gasteiger partial charge < -0.3 is 19.3 Å². The van der Waals surface area contributed by atoms with Gasteiger partial charge in [0.05, 0.1) is 7.11 Å². The second kappa shape index (κ2) is 8.41. The smallest absolute Gasteiger partial charge is 0.410 e. The highest BCUT2D eigenvalue weighted by Gasteiger charge is 2.37. The molecule has 2 amide bonds. The number of rotatable bonds is 5. The molecule has 1 aromatic rings. The first-order valence-electron chi connectivity index (χ1n) is 10.2. The summed E-state index contributed by atoms with van der Waals surface area (Å²) in [5, 5.41) is 0. The topological polar surface area (TPSA) is 59.1 Å². The Kier molecular flexibility index (Phi) is 6.16. The van der Waals surface area contributed by atoms with E-state index in [4.69, 9.17) is 9.47 Å². The molecule has 6 nitrogen and oxygen atoms in total. The second-order valence-electron chi connectivity index (χ2n) is 8.79. The SMILES string of the molecule is COc1ccc(CN(C(=O)C2CCN(C(=O)OC(C)(C)C)CC2)C2CC2)cc1. The molecule has 0 bridgehead atoms. The first kappa shape index (κ1) is 20.5. The minimum Gasteiger partial charge on any atom is -0.497 e. The molecule has 1 aliphatic carbocycles. The maximum atomic E-state index is 13.2. The Labute approximate surface area is 167 Å². The van der Waals surface area contributed by atoms with Crippen LogP contribution in [0.2, 0.25) is 0 Å². The summed E-state index contributed by atoms with van der Waals surface area (Å²) in [6.07, 6.45) is 3.28. The summed E-state index contributed by atoms with van der Waals surface area (Å²) in [6, 6.07) is 8.27. The molecule has 0 N–H and O–H groups in total. The highest BCUT2D eigenvalue weighted by atomic mass is 16.6. The van der Waals surface area contributed by atoms with Crippen molar-refractivity contribution < 1.29 is 19.1 Å². The van der Waals surface area contributed by atoms with E-state index in [1.54, 1.807) is 12.0 Å². The van der Waals surface area contributed by atoms with E-state index >= 15 is 0 Å².